The Bertz CT molecular complexity index is 808. The molecule has 286 valence electrons. The van der Waals surface area contributed by atoms with Gasteiger partial charge in [0.1, 0.15) is 24.7 Å². The van der Waals surface area contributed by atoms with E-state index in [9.17, 15) is 9.59 Å². The number of nitrogens with two attached hydrogens (primary N) is 4. The Morgan fingerprint density at radius 2 is 0.917 bits per heavy atom. The highest BCUT2D eigenvalue weighted by Crippen LogP contribution is 2.18. The number of benzene rings is 1. The van der Waals surface area contributed by atoms with Gasteiger partial charge in [-0.3, -0.25) is 9.59 Å². The molecule has 48 heavy (non-hydrogen) atoms. The van der Waals surface area contributed by atoms with Crippen molar-refractivity contribution in [2.24, 2.45) is 22.9 Å². The van der Waals surface area contributed by atoms with Gasteiger partial charge in [0.15, 0.2) is 0 Å². The first-order valence-corrected chi connectivity index (χ1v) is 17.2. The molecule has 0 radical (unpaired) electrons. The zero-order valence-corrected chi connectivity index (χ0v) is 32.8. The lowest BCUT2D eigenvalue weighted by atomic mass is 10.1. The van der Waals surface area contributed by atoms with Crippen molar-refractivity contribution in [3.05, 3.63) is 24.3 Å². The van der Waals surface area contributed by atoms with E-state index >= 15 is 0 Å². The molecule has 0 spiro atoms. The molecule has 0 heterocycles. The highest BCUT2D eigenvalue weighted by atomic mass is 35.5. The quantitative estimate of drug-likeness (QED) is 0.0771. The molecule has 1 rings (SSSR count). The van der Waals surface area contributed by atoms with Gasteiger partial charge in [-0.05, 0) is 75.9 Å². The van der Waals surface area contributed by atoms with Crippen LogP contribution in [-0.2, 0) is 9.59 Å². The summed E-state index contributed by atoms with van der Waals surface area (Å²) >= 11 is 0. The molecule has 0 unspecified atom stereocenters. The van der Waals surface area contributed by atoms with Crippen LogP contribution in [0.15, 0.2) is 24.3 Å². The van der Waals surface area contributed by atoms with Crippen LogP contribution in [0.25, 0.3) is 0 Å². The average Bonchev–Trinajstić information content (AvgIpc) is 3.03. The topological polar surface area (TPSA) is 163 Å². The molecule has 0 saturated carbocycles. The van der Waals surface area contributed by atoms with Gasteiger partial charge in [-0.1, -0.05) is 65.2 Å². The second kappa shape index (κ2) is 35.6. The highest BCUT2D eigenvalue weighted by Gasteiger charge is 2.21. The first-order valence-electron chi connectivity index (χ1n) is 17.2. The minimum absolute atomic E-state index is 0. The third-order valence-electron chi connectivity index (χ3n) is 7.84. The molecule has 2 atom stereocenters. The molecule has 2 amide bonds. The Labute approximate surface area is 316 Å². The average molecular weight is 767 g/mol. The lowest BCUT2D eigenvalue weighted by Crippen LogP contribution is -2.45. The molecule has 14 heteroatoms. The van der Waals surface area contributed by atoms with E-state index in [2.05, 4.69) is 13.8 Å². The van der Waals surface area contributed by atoms with Crippen LogP contribution in [0.3, 0.4) is 0 Å². The Balaban J connectivity index is -0.00000242. The first kappa shape index (κ1) is 53.6. The maximum Gasteiger partial charge on any atom is 0.239 e. The number of amides is 2. The molecule has 1 aromatic rings. The van der Waals surface area contributed by atoms with E-state index in [0.717, 1.165) is 77.0 Å². The summed E-state index contributed by atoms with van der Waals surface area (Å²) in [4.78, 5) is 29.7. The third kappa shape index (κ3) is 24.8. The molecule has 0 fully saturated rings. The van der Waals surface area contributed by atoms with E-state index in [4.69, 9.17) is 32.4 Å². The van der Waals surface area contributed by atoms with E-state index in [1.165, 1.54) is 0 Å². The van der Waals surface area contributed by atoms with E-state index in [1.807, 2.05) is 34.1 Å². The second-order valence-electron chi connectivity index (χ2n) is 11.7. The van der Waals surface area contributed by atoms with E-state index in [1.54, 1.807) is 0 Å². The van der Waals surface area contributed by atoms with Gasteiger partial charge in [-0.25, -0.2) is 0 Å². The number of carbonyl (C=O) groups excluding carboxylic acids is 2. The fourth-order valence-corrected chi connectivity index (χ4v) is 5.04. The minimum Gasteiger partial charge on any atom is -0.492 e. The van der Waals surface area contributed by atoms with E-state index in [0.29, 0.717) is 76.8 Å². The largest absolute Gasteiger partial charge is 0.492 e. The van der Waals surface area contributed by atoms with Crippen LogP contribution < -0.4 is 32.4 Å². The molecule has 0 aliphatic rings. The Kier molecular flexibility index (Phi) is 39.7. The summed E-state index contributed by atoms with van der Waals surface area (Å²) < 4.78 is 11.9. The lowest BCUT2D eigenvalue weighted by Gasteiger charge is -2.26. The lowest BCUT2D eigenvalue weighted by molar-refractivity contribution is -0.134. The SMILES string of the molecule is CCCCCCN(CCOc1ccc(OCCN(CCCCCC)C(=O)[C@@H](N)CCCCN)cc1)C(=O)[C@@H](N)CCCCN.Cl.Cl.Cl.Cl. The van der Waals surface area contributed by atoms with Gasteiger partial charge in [-0.2, -0.15) is 0 Å². The molecule has 8 N–H and O–H groups in total. The Hall–Kier alpha value is -1.24. The van der Waals surface area contributed by atoms with Crippen LogP contribution in [0.2, 0.25) is 0 Å². The predicted octanol–water partition coefficient (Wildman–Crippen LogP) is 5.86. The first-order chi connectivity index (χ1) is 21.4. The molecule has 0 aliphatic carbocycles. The van der Waals surface area contributed by atoms with Gasteiger partial charge in [-0.15, -0.1) is 49.6 Å². The smallest absolute Gasteiger partial charge is 0.239 e. The maximum absolute atomic E-state index is 13.0. The Morgan fingerprint density at radius 1 is 0.562 bits per heavy atom. The van der Waals surface area contributed by atoms with Gasteiger partial charge in [0.2, 0.25) is 11.8 Å². The summed E-state index contributed by atoms with van der Waals surface area (Å²) in [5.41, 5.74) is 23.6. The van der Waals surface area contributed by atoms with Crippen LogP contribution in [0.1, 0.15) is 104 Å². The maximum atomic E-state index is 13.0. The third-order valence-corrected chi connectivity index (χ3v) is 7.84. The van der Waals surface area contributed by atoms with Gasteiger partial charge in [0.25, 0.3) is 0 Å². The number of carbonyl (C=O) groups is 2. The summed E-state index contributed by atoms with van der Waals surface area (Å²) in [6.45, 7) is 8.71. The number of hydrogen-bond donors (Lipinski definition) is 4. The van der Waals surface area contributed by atoms with Crippen molar-refractivity contribution < 1.29 is 19.1 Å². The monoisotopic (exact) mass is 764 g/mol. The molecular formula is C34H68Cl4N6O4. The highest BCUT2D eigenvalue weighted by molar-refractivity contribution is 5.86. The normalized spacial score (nSPS) is 11.5. The predicted molar refractivity (Wildman–Crippen MR) is 210 cm³/mol. The summed E-state index contributed by atoms with van der Waals surface area (Å²) in [7, 11) is 0. The van der Waals surface area contributed by atoms with Crippen LogP contribution in [-0.4, -0.2) is 86.2 Å². The number of nitrogens with zero attached hydrogens (tertiary/aromatic N) is 2. The van der Waals surface area contributed by atoms with Gasteiger partial charge in [0.05, 0.1) is 25.2 Å². The van der Waals surface area contributed by atoms with Crippen LogP contribution in [0.5, 0.6) is 11.5 Å². The zero-order valence-electron chi connectivity index (χ0n) is 29.5. The second-order valence-corrected chi connectivity index (χ2v) is 11.7. The summed E-state index contributed by atoms with van der Waals surface area (Å²) in [6, 6.07) is 6.45. The van der Waals surface area contributed by atoms with E-state index < -0.39 is 12.1 Å². The summed E-state index contributed by atoms with van der Waals surface area (Å²) in [5, 5.41) is 0. The molecule has 0 saturated heterocycles. The van der Waals surface area contributed by atoms with Crippen molar-refractivity contribution in [3.8, 4) is 11.5 Å². The van der Waals surface area contributed by atoms with Crippen molar-refractivity contribution in [1.82, 2.24) is 9.80 Å². The standard InChI is InChI=1S/C34H64N6O4.4ClH/c1-3-5-7-13-23-39(33(41)31(37)15-9-11-21-35)25-27-43-29-17-19-30(20-18-29)44-28-26-40(24-14-8-6-4-2)34(42)32(38)16-10-12-22-36;;;;/h17-20,31-32H,3-16,21-28,35-38H2,1-2H3;4*1H/t31-,32-;;;;/m0..../s1. The van der Waals surface area contributed by atoms with Crippen molar-refractivity contribution >= 4 is 61.4 Å². The van der Waals surface area contributed by atoms with Crippen LogP contribution in [0.4, 0.5) is 0 Å². The van der Waals surface area contributed by atoms with Crippen LogP contribution >= 0.6 is 49.6 Å². The molecule has 0 aliphatic heterocycles. The minimum atomic E-state index is -0.501. The van der Waals surface area contributed by atoms with Gasteiger partial charge < -0.3 is 42.2 Å². The molecule has 0 bridgehead atoms. The zero-order chi connectivity index (χ0) is 32.4. The summed E-state index contributed by atoms with van der Waals surface area (Å²) in [6.07, 6.45) is 13.5. The van der Waals surface area contributed by atoms with Crippen LogP contribution in [0, 0.1) is 0 Å². The Morgan fingerprint density at radius 3 is 1.23 bits per heavy atom. The van der Waals surface area contributed by atoms with Crippen molar-refractivity contribution in [1.29, 1.82) is 0 Å². The van der Waals surface area contributed by atoms with E-state index in [-0.39, 0.29) is 61.4 Å². The molecule has 10 nitrogen and oxygen atoms in total. The van der Waals surface area contributed by atoms with Crippen molar-refractivity contribution in [3.63, 3.8) is 0 Å². The van der Waals surface area contributed by atoms with Gasteiger partial charge >= 0.3 is 0 Å². The molecule has 1 aromatic carbocycles. The molecule has 0 aromatic heterocycles. The number of ether oxygens (including phenoxy) is 2. The number of hydrogen-bond acceptors (Lipinski definition) is 8. The number of unbranched alkanes of at least 4 members (excludes halogenated alkanes) is 8. The van der Waals surface area contributed by atoms with Gasteiger partial charge in [0, 0.05) is 13.1 Å². The number of rotatable bonds is 28. The van der Waals surface area contributed by atoms with Crippen molar-refractivity contribution in [2.45, 2.75) is 116 Å². The molecular weight excluding hydrogens is 698 g/mol. The fraction of sp³-hybridized carbons (Fsp3) is 0.765. The fourth-order valence-electron chi connectivity index (χ4n) is 5.04. The summed E-state index contributed by atoms with van der Waals surface area (Å²) in [5.74, 6) is 1.39. The van der Waals surface area contributed by atoms with Crippen molar-refractivity contribution in [2.75, 3.05) is 52.5 Å². The number of halogens is 4.